The highest BCUT2D eigenvalue weighted by molar-refractivity contribution is 5.88. The van der Waals surface area contributed by atoms with E-state index in [1.165, 1.54) is 0 Å². The normalized spacial score (nSPS) is 11.4. The summed E-state index contributed by atoms with van der Waals surface area (Å²) in [6.07, 6.45) is 0. The van der Waals surface area contributed by atoms with Crippen LogP contribution in [0.25, 0.3) is 118 Å². The van der Waals surface area contributed by atoms with Gasteiger partial charge in [0.1, 0.15) is 17.5 Å². The van der Waals surface area contributed by atoms with Crippen molar-refractivity contribution in [1.29, 1.82) is 0 Å². The van der Waals surface area contributed by atoms with Crippen molar-refractivity contribution in [2.45, 2.75) is 0 Å². The molecule has 3 aromatic heterocycles. The van der Waals surface area contributed by atoms with Crippen LogP contribution in [0.2, 0.25) is 0 Å². The quantitative estimate of drug-likeness (QED) is 0.122. The van der Waals surface area contributed by atoms with Crippen LogP contribution < -0.4 is 4.90 Å². The van der Waals surface area contributed by atoms with E-state index in [-0.39, 0.29) is 0 Å². The van der Waals surface area contributed by atoms with Crippen LogP contribution in [-0.4, -0.2) is 28.7 Å². The van der Waals surface area contributed by atoms with E-state index in [1.54, 1.807) is 0 Å². The third kappa shape index (κ3) is 8.79. The van der Waals surface area contributed by atoms with Crippen molar-refractivity contribution in [1.82, 2.24) is 28.7 Å². The van der Waals surface area contributed by atoms with Crippen LogP contribution in [0.1, 0.15) is 0 Å². The van der Waals surface area contributed by atoms with E-state index in [9.17, 15) is 0 Å². The molecule has 0 atom stereocenters. The Morgan fingerprint density at radius 2 is 0.402 bits per heavy atom. The fourth-order valence-corrected chi connectivity index (χ4v) is 11.5. The molecule has 0 radical (unpaired) electrons. The maximum absolute atomic E-state index is 5.11. The van der Waals surface area contributed by atoms with E-state index >= 15 is 0 Å². The molecule has 0 N–H and O–H groups in total. The van der Waals surface area contributed by atoms with E-state index in [0.29, 0.717) is 0 Å². The number of nitrogens with zero attached hydrogens (tertiary/aromatic N) is 7. The van der Waals surface area contributed by atoms with Gasteiger partial charge in [-0.05, 0) is 143 Å². The summed E-state index contributed by atoms with van der Waals surface area (Å²) in [4.78, 5) is 17.7. The maximum Gasteiger partial charge on any atom is 0.145 e. The number of fused-ring (bicyclic) bond motifs is 3. The van der Waals surface area contributed by atoms with Crippen molar-refractivity contribution >= 4 is 50.2 Å². The molecule has 0 saturated carbocycles. The fraction of sp³-hybridized carbons (Fsp3) is 0. The van der Waals surface area contributed by atoms with Gasteiger partial charge < -0.3 is 4.90 Å². The average molecular weight is 1050 g/mol. The van der Waals surface area contributed by atoms with Gasteiger partial charge in [-0.25, -0.2) is 15.0 Å². The molecule has 0 fully saturated rings. The van der Waals surface area contributed by atoms with Crippen molar-refractivity contribution < 1.29 is 0 Å². The summed E-state index contributed by atoms with van der Waals surface area (Å²) in [6, 6.07) is 109. The van der Waals surface area contributed by atoms with Gasteiger partial charge in [0.2, 0.25) is 0 Å². The van der Waals surface area contributed by atoms with Gasteiger partial charge in [0.05, 0.1) is 33.1 Å². The van der Waals surface area contributed by atoms with Crippen LogP contribution in [0.3, 0.4) is 0 Å². The van der Waals surface area contributed by atoms with Crippen LogP contribution in [0, 0.1) is 0 Å². The second kappa shape index (κ2) is 20.6. The van der Waals surface area contributed by atoms with Crippen LogP contribution in [0.15, 0.2) is 309 Å². The minimum absolute atomic E-state index is 0.914. The lowest BCUT2D eigenvalue weighted by molar-refractivity contribution is 1.10. The second-order valence-corrected chi connectivity index (χ2v) is 20.5. The Bertz CT molecular complexity index is 4230. The molecule has 0 aliphatic heterocycles. The van der Waals surface area contributed by atoms with Crippen molar-refractivity contribution in [2.24, 2.45) is 0 Å². The first kappa shape index (κ1) is 48.0. The van der Waals surface area contributed by atoms with Crippen molar-refractivity contribution in [3.05, 3.63) is 309 Å². The Morgan fingerprint density at radius 3 is 0.659 bits per heavy atom. The van der Waals surface area contributed by atoms with Gasteiger partial charge in [-0.1, -0.05) is 200 Å². The average Bonchev–Trinajstić information content (AvgIpc) is 4.46. The fourth-order valence-electron chi connectivity index (χ4n) is 11.5. The summed E-state index contributed by atoms with van der Waals surface area (Å²) in [6.45, 7) is 0. The molecule has 0 amide bonds. The highest BCUT2D eigenvalue weighted by Crippen LogP contribution is 2.40. The lowest BCUT2D eigenvalue weighted by Crippen LogP contribution is -2.09. The Morgan fingerprint density at radius 1 is 0.195 bits per heavy atom. The topological polar surface area (TPSA) is 56.7 Å². The predicted molar refractivity (Wildman–Crippen MR) is 338 cm³/mol. The zero-order chi connectivity index (χ0) is 54.3. The van der Waals surface area contributed by atoms with Gasteiger partial charge in [-0.15, -0.1) is 0 Å². The molecule has 12 aromatic carbocycles. The zero-order valence-corrected chi connectivity index (χ0v) is 44.6. The summed E-state index contributed by atoms with van der Waals surface area (Å²) in [5, 5.41) is 0. The summed E-state index contributed by atoms with van der Waals surface area (Å²) in [5.74, 6) is 2.74. The summed E-state index contributed by atoms with van der Waals surface area (Å²) < 4.78 is 6.74. The number of hydrogen-bond acceptors (Lipinski definition) is 4. The molecular weight excluding hydrogens is 999 g/mol. The Hall–Kier alpha value is -11.2. The molecule has 15 aromatic rings. The number of benzene rings is 12. The first-order valence-electron chi connectivity index (χ1n) is 27.7. The van der Waals surface area contributed by atoms with Crippen molar-refractivity contribution in [2.75, 3.05) is 4.90 Å². The SMILES string of the molecule is c1ccc(-n2c(-c3ccc(-c4ccc(N(c5ccc(-c6ccc(-c7nc8ccccc8n7-c7ccccc7)cc6)cc5)c5ccc(-c6ccc(-c7nc8ccccc8n7-c7ccccc7)cc6)cc5)cc4)cc3)nc3ccccc32)cc1. The second-order valence-electron chi connectivity index (χ2n) is 20.5. The minimum Gasteiger partial charge on any atom is -0.311 e. The van der Waals surface area contributed by atoms with Crippen LogP contribution in [0.4, 0.5) is 17.1 Å². The van der Waals surface area contributed by atoms with E-state index in [1.807, 2.05) is 36.4 Å². The summed E-state index contributed by atoms with van der Waals surface area (Å²) in [7, 11) is 0. The highest BCUT2D eigenvalue weighted by atomic mass is 15.1. The number of rotatable bonds is 12. The minimum atomic E-state index is 0.914. The van der Waals surface area contributed by atoms with Crippen LogP contribution >= 0.6 is 0 Å². The molecule has 0 unspecified atom stereocenters. The number of anilines is 3. The third-order valence-corrected chi connectivity index (χ3v) is 15.5. The zero-order valence-electron chi connectivity index (χ0n) is 44.6. The monoisotopic (exact) mass is 1050 g/mol. The molecule has 82 heavy (non-hydrogen) atoms. The van der Waals surface area contributed by atoms with Gasteiger partial charge in [0.25, 0.3) is 0 Å². The molecule has 0 aliphatic rings. The molecule has 0 spiro atoms. The summed E-state index contributed by atoms with van der Waals surface area (Å²) >= 11 is 0. The molecule has 7 heteroatoms. The van der Waals surface area contributed by atoms with E-state index < -0.39 is 0 Å². The predicted octanol–water partition coefficient (Wildman–Crippen LogP) is 19.2. The third-order valence-electron chi connectivity index (χ3n) is 15.5. The number of hydrogen-bond donors (Lipinski definition) is 0. The van der Waals surface area contributed by atoms with Gasteiger partial charge in [0, 0.05) is 50.8 Å². The Kier molecular flexibility index (Phi) is 12.0. The molecule has 0 saturated heterocycles. The van der Waals surface area contributed by atoms with Crippen molar-refractivity contribution in [3.63, 3.8) is 0 Å². The number of para-hydroxylation sites is 9. The lowest BCUT2D eigenvalue weighted by Gasteiger charge is -2.26. The molecule has 386 valence electrons. The van der Waals surface area contributed by atoms with Gasteiger partial charge in [0.15, 0.2) is 0 Å². The van der Waals surface area contributed by atoms with E-state index in [2.05, 4.69) is 292 Å². The van der Waals surface area contributed by atoms with E-state index in [0.717, 1.165) is 135 Å². The smallest absolute Gasteiger partial charge is 0.145 e. The largest absolute Gasteiger partial charge is 0.311 e. The lowest BCUT2D eigenvalue weighted by atomic mass is 10.0. The van der Waals surface area contributed by atoms with Crippen LogP contribution in [0.5, 0.6) is 0 Å². The summed E-state index contributed by atoms with van der Waals surface area (Å²) in [5.41, 5.74) is 22.5. The molecule has 0 bridgehead atoms. The number of aromatic nitrogens is 6. The Labute approximate surface area is 475 Å². The standard InChI is InChI=1S/C75H51N7/c1-4-16-61(17-5-1)80-70-25-13-10-22-67(70)76-73(80)58-34-28-52(29-35-58)55-40-46-64(47-41-55)79(65-48-42-56(43-49-65)53-30-36-59(37-31-53)74-77-68-23-11-14-26-71(68)81(74)62-18-6-2-7-19-62)66-50-44-57(45-51-66)54-32-38-60(39-33-54)75-78-69-24-12-15-27-72(69)82(75)63-20-8-3-9-21-63/h1-51H. The van der Waals surface area contributed by atoms with E-state index in [4.69, 9.17) is 15.0 Å². The molecule has 3 heterocycles. The van der Waals surface area contributed by atoms with Gasteiger partial charge in [-0.2, -0.15) is 0 Å². The molecule has 7 nitrogen and oxygen atoms in total. The molecule has 0 aliphatic carbocycles. The first-order chi connectivity index (χ1) is 40.6. The molecule has 15 rings (SSSR count). The first-order valence-corrected chi connectivity index (χ1v) is 27.7. The van der Waals surface area contributed by atoms with Crippen LogP contribution in [-0.2, 0) is 0 Å². The Balaban J connectivity index is 0.747. The maximum atomic E-state index is 5.11. The van der Waals surface area contributed by atoms with Gasteiger partial charge >= 0.3 is 0 Å². The number of imidazole rings is 3. The van der Waals surface area contributed by atoms with Gasteiger partial charge in [-0.3, -0.25) is 13.7 Å². The molecular formula is C75H51N7. The van der Waals surface area contributed by atoms with Crippen molar-refractivity contribution in [3.8, 4) is 84.6 Å². The highest BCUT2D eigenvalue weighted by Gasteiger charge is 2.19.